The van der Waals surface area contributed by atoms with Crippen molar-refractivity contribution in [2.75, 3.05) is 5.32 Å². The number of primary sulfonamides is 1. The summed E-state index contributed by atoms with van der Waals surface area (Å²) >= 11 is 17.2. The fourth-order valence-electron chi connectivity index (χ4n) is 2.80. The van der Waals surface area contributed by atoms with E-state index in [0.29, 0.717) is 32.7 Å². The Labute approximate surface area is 199 Å². The minimum atomic E-state index is -3.78. The van der Waals surface area contributed by atoms with Gasteiger partial charge in [0.25, 0.3) is 0 Å². The molecule has 1 aromatic heterocycles. The first-order valence-electron chi connectivity index (χ1n) is 8.93. The van der Waals surface area contributed by atoms with E-state index in [1.165, 1.54) is 28.9 Å². The molecule has 3 rings (SSSR count). The highest BCUT2D eigenvalue weighted by Gasteiger charge is 2.20. The number of nitrogens with zero attached hydrogens (tertiary/aromatic N) is 3. The van der Waals surface area contributed by atoms with Gasteiger partial charge in [-0.3, -0.25) is 10.1 Å². The van der Waals surface area contributed by atoms with Crippen molar-refractivity contribution in [3.05, 3.63) is 58.2 Å². The minimum absolute atomic E-state index is 0.0146. The van der Waals surface area contributed by atoms with Gasteiger partial charge in [0.2, 0.25) is 10.0 Å². The molecule has 2 aromatic carbocycles. The molecular formula is C19H18Cl2N6O3S2. The van der Waals surface area contributed by atoms with Gasteiger partial charge in [-0.1, -0.05) is 29.3 Å². The first-order chi connectivity index (χ1) is 15.0. The van der Waals surface area contributed by atoms with Crippen molar-refractivity contribution >= 4 is 62.0 Å². The molecule has 0 saturated heterocycles. The third-order valence-electron chi connectivity index (χ3n) is 4.32. The molecule has 13 heteroatoms. The van der Waals surface area contributed by atoms with Crippen LogP contribution >= 0.6 is 35.4 Å². The van der Waals surface area contributed by atoms with Crippen molar-refractivity contribution in [3.8, 4) is 17.0 Å². The molecule has 0 radical (unpaired) electrons. The highest BCUT2D eigenvalue weighted by atomic mass is 35.5. The number of rotatable bonds is 5. The number of benzene rings is 2. The molecule has 0 aliphatic rings. The predicted octanol–water partition coefficient (Wildman–Crippen LogP) is 3.46. The maximum Gasteiger partial charge on any atom is 0.238 e. The molecule has 0 fully saturated rings. The normalized spacial score (nSPS) is 12.0. The van der Waals surface area contributed by atoms with E-state index in [1.807, 2.05) is 0 Å². The maximum atomic E-state index is 11.3. The molecule has 0 aliphatic carbocycles. The Bertz CT molecular complexity index is 1320. The standard InChI is InChI=1S/C19H18Cl2N6O3S2/c1-10(24-25-19(31)23-12-4-6-13(7-5-12)32(22,29)30)16-18(28)17(27(2)26-16)11-3-8-14(20)15(21)9-11/h3-9,28H,1-2H3,(H2,22,29,30)(H2,23,25,31)/b24-10+. The molecule has 32 heavy (non-hydrogen) atoms. The molecular weight excluding hydrogens is 495 g/mol. The fraction of sp³-hybridized carbons (Fsp3) is 0.105. The number of hydrogen-bond acceptors (Lipinski definition) is 6. The Morgan fingerprint density at radius 1 is 1.19 bits per heavy atom. The van der Waals surface area contributed by atoms with Gasteiger partial charge in [0.15, 0.2) is 16.6 Å². The van der Waals surface area contributed by atoms with E-state index < -0.39 is 10.0 Å². The van der Waals surface area contributed by atoms with Crippen LogP contribution in [0.2, 0.25) is 10.0 Å². The summed E-state index contributed by atoms with van der Waals surface area (Å²) in [7, 11) is -2.10. The highest BCUT2D eigenvalue weighted by Crippen LogP contribution is 2.35. The molecule has 0 atom stereocenters. The first-order valence-corrected chi connectivity index (χ1v) is 11.6. The number of hydrogen-bond donors (Lipinski definition) is 4. The van der Waals surface area contributed by atoms with Crippen molar-refractivity contribution < 1.29 is 13.5 Å². The zero-order valence-electron chi connectivity index (χ0n) is 16.8. The van der Waals surface area contributed by atoms with Crippen LogP contribution in [0, 0.1) is 0 Å². The Kier molecular flexibility index (Phi) is 7.06. The maximum absolute atomic E-state index is 11.3. The first kappa shape index (κ1) is 24.0. The number of halogens is 2. The summed E-state index contributed by atoms with van der Waals surface area (Å²) in [5, 5.41) is 28.0. The molecule has 0 saturated carbocycles. The van der Waals surface area contributed by atoms with Crippen LogP contribution in [0.1, 0.15) is 12.6 Å². The number of nitrogens with two attached hydrogens (primary N) is 1. The molecule has 0 bridgehead atoms. The van der Waals surface area contributed by atoms with Gasteiger partial charge in [-0.2, -0.15) is 10.2 Å². The molecule has 9 nitrogen and oxygen atoms in total. The SMILES string of the molecule is C/C(=N\NC(=S)Nc1ccc(S(N)(=O)=O)cc1)c1nn(C)c(-c2ccc(Cl)c(Cl)c2)c1O. The van der Waals surface area contributed by atoms with E-state index in [1.54, 1.807) is 32.2 Å². The van der Waals surface area contributed by atoms with E-state index >= 15 is 0 Å². The van der Waals surface area contributed by atoms with Gasteiger partial charge in [0.1, 0.15) is 5.69 Å². The number of aromatic hydroxyl groups is 1. The number of sulfonamides is 1. The third-order valence-corrected chi connectivity index (χ3v) is 6.19. The monoisotopic (exact) mass is 512 g/mol. The second kappa shape index (κ2) is 9.43. The van der Waals surface area contributed by atoms with Crippen molar-refractivity contribution in [1.29, 1.82) is 0 Å². The number of aromatic nitrogens is 2. The van der Waals surface area contributed by atoms with E-state index in [-0.39, 0.29) is 21.5 Å². The van der Waals surface area contributed by atoms with Crippen LogP contribution in [-0.4, -0.2) is 34.1 Å². The van der Waals surface area contributed by atoms with Gasteiger partial charge in [-0.15, -0.1) is 0 Å². The molecule has 0 amide bonds. The Morgan fingerprint density at radius 3 is 2.44 bits per heavy atom. The number of thiocarbonyl (C=S) groups is 1. The minimum Gasteiger partial charge on any atom is -0.504 e. The third kappa shape index (κ3) is 5.37. The van der Waals surface area contributed by atoms with E-state index in [9.17, 15) is 13.5 Å². The summed E-state index contributed by atoms with van der Waals surface area (Å²) in [6.07, 6.45) is 0. The summed E-state index contributed by atoms with van der Waals surface area (Å²) in [4.78, 5) is -0.0146. The lowest BCUT2D eigenvalue weighted by Crippen LogP contribution is -2.25. The van der Waals surface area contributed by atoms with Crippen LogP contribution in [0.25, 0.3) is 11.3 Å². The van der Waals surface area contributed by atoms with Gasteiger partial charge in [0, 0.05) is 18.3 Å². The lowest BCUT2D eigenvalue weighted by atomic mass is 10.1. The molecule has 0 aliphatic heterocycles. The van der Waals surface area contributed by atoms with Gasteiger partial charge >= 0.3 is 0 Å². The lowest BCUT2D eigenvalue weighted by Gasteiger charge is -2.08. The summed E-state index contributed by atoms with van der Waals surface area (Å²) in [5.74, 6) is -0.0774. The van der Waals surface area contributed by atoms with Gasteiger partial charge in [-0.25, -0.2) is 13.6 Å². The molecule has 0 unspecified atom stereocenters. The van der Waals surface area contributed by atoms with Crippen molar-refractivity contribution in [1.82, 2.24) is 15.2 Å². The zero-order valence-corrected chi connectivity index (χ0v) is 19.9. The smallest absolute Gasteiger partial charge is 0.238 e. The molecule has 168 valence electrons. The number of hydrazone groups is 1. The topological polar surface area (TPSA) is 135 Å². The highest BCUT2D eigenvalue weighted by molar-refractivity contribution is 7.89. The van der Waals surface area contributed by atoms with Crippen LogP contribution in [0.3, 0.4) is 0 Å². The number of nitrogens with one attached hydrogen (secondary N) is 2. The summed E-state index contributed by atoms with van der Waals surface area (Å²) in [6.45, 7) is 1.65. The van der Waals surface area contributed by atoms with Crippen LogP contribution < -0.4 is 15.9 Å². The number of anilines is 1. The van der Waals surface area contributed by atoms with Gasteiger partial charge in [0.05, 0.1) is 20.7 Å². The van der Waals surface area contributed by atoms with Crippen LogP contribution in [-0.2, 0) is 17.1 Å². The van der Waals surface area contributed by atoms with E-state index in [0.717, 1.165) is 0 Å². The number of aryl methyl sites for hydroxylation is 1. The predicted molar refractivity (Wildman–Crippen MR) is 130 cm³/mol. The van der Waals surface area contributed by atoms with Gasteiger partial charge in [-0.05, 0) is 55.5 Å². The Balaban J connectivity index is 1.75. The molecule has 0 spiro atoms. The summed E-state index contributed by atoms with van der Waals surface area (Å²) in [6, 6.07) is 10.7. The van der Waals surface area contributed by atoms with Crippen LogP contribution in [0.15, 0.2) is 52.5 Å². The second-order valence-electron chi connectivity index (χ2n) is 6.63. The largest absolute Gasteiger partial charge is 0.504 e. The van der Waals surface area contributed by atoms with Crippen molar-refractivity contribution in [2.45, 2.75) is 11.8 Å². The Hall–Kier alpha value is -2.70. The molecule has 3 aromatic rings. The Morgan fingerprint density at radius 2 is 1.84 bits per heavy atom. The zero-order chi connectivity index (χ0) is 23.6. The summed E-state index contributed by atoms with van der Waals surface area (Å²) < 4.78 is 24.1. The fourth-order valence-corrected chi connectivity index (χ4v) is 3.78. The van der Waals surface area contributed by atoms with Crippen molar-refractivity contribution in [2.24, 2.45) is 17.3 Å². The summed E-state index contributed by atoms with van der Waals surface area (Å²) in [5.41, 5.74) is 4.90. The second-order valence-corrected chi connectivity index (χ2v) is 9.41. The lowest BCUT2D eigenvalue weighted by molar-refractivity contribution is 0.475. The van der Waals surface area contributed by atoms with Crippen molar-refractivity contribution in [3.63, 3.8) is 0 Å². The molecule has 1 heterocycles. The molecule has 5 N–H and O–H groups in total. The van der Waals surface area contributed by atoms with Gasteiger partial charge < -0.3 is 10.4 Å². The quantitative estimate of drug-likeness (QED) is 0.233. The van der Waals surface area contributed by atoms with E-state index in [4.69, 9.17) is 40.6 Å². The average Bonchev–Trinajstić information content (AvgIpc) is 3.02. The van der Waals surface area contributed by atoms with Crippen LogP contribution in [0.5, 0.6) is 5.75 Å². The van der Waals surface area contributed by atoms with Crippen LogP contribution in [0.4, 0.5) is 5.69 Å². The average molecular weight is 513 g/mol. The van der Waals surface area contributed by atoms with E-state index in [2.05, 4.69) is 20.9 Å².